The molecule has 0 aliphatic carbocycles. The predicted molar refractivity (Wildman–Crippen MR) is 144 cm³/mol. The molecule has 0 unspecified atom stereocenters. The molecule has 190 valence electrons. The van der Waals surface area contributed by atoms with E-state index in [9.17, 15) is 9.59 Å². The summed E-state index contributed by atoms with van der Waals surface area (Å²) >= 11 is 14.5. The Morgan fingerprint density at radius 3 is 2.73 bits per heavy atom. The minimum absolute atomic E-state index is 0.127. The summed E-state index contributed by atoms with van der Waals surface area (Å²) in [4.78, 5) is 32.0. The van der Waals surface area contributed by atoms with Gasteiger partial charge in [0.25, 0.3) is 5.91 Å². The van der Waals surface area contributed by atoms with E-state index in [1.807, 2.05) is 17.5 Å². The van der Waals surface area contributed by atoms with E-state index in [2.05, 4.69) is 0 Å². The van der Waals surface area contributed by atoms with E-state index in [4.69, 9.17) is 32.4 Å². The molecule has 9 heteroatoms. The molecule has 0 spiro atoms. The number of thiophene rings is 1. The Morgan fingerprint density at radius 2 is 1.97 bits per heavy atom. The number of amides is 2. The number of hydrogen-bond donors (Lipinski definition) is 0. The number of hydrogen-bond acceptors (Lipinski definition) is 5. The van der Waals surface area contributed by atoms with Crippen molar-refractivity contribution < 1.29 is 18.7 Å². The second-order valence-electron chi connectivity index (χ2n) is 8.68. The minimum atomic E-state index is -0.371. The molecule has 0 fully saturated rings. The first-order valence-corrected chi connectivity index (χ1v) is 13.3. The molecule has 1 atom stereocenters. The first kappa shape index (κ1) is 25.4. The van der Waals surface area contributed by atoms with Gasteiger partial charge in [0.15, 0.2) is 0 Å². The molecule has 1 aliphatic rings. The summed E-state index contributed by atoms with van der Waals surface area (Å²) in [7, 11) is 1.55. The normalized spacial score (nSPS) is 14.8. The minimum Gasteiger partial charge on any atom is -0.497 e. The number of fused-ring (bicyclic) bond motifs is 1. The van der Waals surface area contributed by atoms with E-state index in [0.717, 1.165) is 17.5 Å². The van der Waals surface area contributed by atoms with Crippen LogP contribution in [0.4, 0.5) is 0 Å². The van der Waals surface area contributed by atoms with E-state index >= 15 is 0 Å². The predicted octanol–water partition coefficient (Wildman–Crippen LogP) is 6.47. The molecule has 0 radical (unpaired) electrons. The van der Waals surface area contributed by atoms with Crippen molar-refractivity contribution in [1.82, 2.24) is 9.80 Å². The first-order valence-electron chi connectivity index (χ1n) is 11.7. The number of ether oxygens (including phenoxy) is 1. The monoisotopic (exact) mass is 554 g/mol. The Morgan fingerprint density at radius 1 is 1.11 bits per heavy atom. The molecule has 2 aromatic carbocycles. The van der Waals surface area contributed by atoms with Gasteiger partial charge in [-0.1, -0.05) is 35.3 Å². The summed E-state index contributed by atoms with van der Waals surface area (Å²) in [5.41, 5.74) is 2.27. The second kappa shape index (κ2) is 11.0. The van der Waals surface area contributed by atoms with Crippen molar-refractivity contribution in [3.8, 4) is 5.75 Å². The van der Waals surface area contributed by atoms with Crippen LogP contribution in [0.3, 0.4) is 0 Å². The largest absolute Gasteiger partial charge is 0.497 e. The van der Waals surface area contributed by atoms with Crippen molar-refractivity contribution in [3.05, 3.63) is 110 Å². The molecular formula is C28H24Cl2N2O4S. The molecule has 4 aromatic rings. The Kier molecular flexibility index (Phi) is 7.55. The fourth-order valence-corrected chi connectivity index (χ4v) is 6.04. The lowest BCUT2D eigenvalue weighted by Crippen LogP contribution is -2.46. The maximum absolute atomic E-state index is 13.9. The summed E-state index contributed by atoms with van der Waals surface area (Å²) in [6.07, 6.45) is 2.29. The molecule has 2 amide bonds. The highest BCUT2D eigenvalue weighted by Gasteiger charge is 2.35. The Hall–Kier alpha value is -3.26. The quantitative estimate of drug-likeness (QED) is 0.262. The fraction of sp³-hybridized carbons (Fsp3) is 0.214. The lowest BCUT2D eigenvalue weighted by atomic mass is 9.93. The van der Waals surface area contributed by atoms with Gasteiger partial charge in [-0.05, 0) is 71.5 Å². The van der Waals surface area contributed by atoms with Crippen LogP contribution in [-0.2, 0) is 17.8 Å². The molecule has 2 aromatic heterocycles. The van der Waals surface area contributed by atoms with Crippen LogP contribution in [-0.4, -0.2) is 41.8 Å². The van der Waals surface area contributed by atoms with E-state index in [1.54, 1.807) is 78.1 Å². The fourth-order valence-electron chi connectivity index (χ4n) is 4.63. The van der Waals surface area contributed by atoms with Crippen LogP contribution in [0.1, 0.15) is 38.2 Å². The number of furan rings is 1. The van der Waals surface area contributed by atoms with Crippen LogP contribution in [0.2, 0.25) is 10.0 Å². The van der Waals surface area contributed by atoms with Gasteiger partial charge in [0.05, 0.1) is 26.0 Å². The number of halogens is 2. The Labute approximate surface area is 229 Å². The summed E-state index contributed by atoms with van der Waals surface area (Å²) < 4.78 is 10.8. The lowest BCUT2D eigenvalue weighted by molar-refractivity contribution is -0.134. The maximum atomic E-state index is 13.9. The van der Waals surface area contributed by atoms with Crippen molar-refractivity contribution in [3.63, 3.8) is 0 Å². The van der Waals surface area contributed by atoms with Gasteiger partial charge in [-0.25, -0.2) is 0 Å². The number of benzene rings is 2. The molecule has 0 bridgehead atoms. The molecule has 0 saturated carbocycles. The zero-order valence-electron chi connectivity index (χ0n) is 20.0. The van der Waals surface area contributed by atoms with Crippen molar-refractivity contribution in [2.45, 2.75) is 19.0 Å². The summed E-state index contributed by atoms with van der Waals surface area (Å²) in [6, 6.07) is 17.4. The summed E-state index contributed by atoms with van der Waals surface area (Å²) in [5.74, 6) is 0.669. The molecule has 3 heterocycles. The summed E-state index contributed by atoms with van der Waals surface area (Å²) in [6.45, 7) is 0.536. The van der Waals surface area contributed by atoms with Gasteiger partial charge < -0.3 is 19.0 Å². The van der Waals surface area contributed by atoms with Crippen molar-refractivity contribution in [2.75, 3.05) is 20.2 Å². The maximum Gasteiger partial charge on any atom is 0.254 e. The zero-order chi connectivity index (χ0) is 25.9. The van der Waals surface area contributed by atoms with E-state index in [0.29, 0.717) is 33.7 Å². The molecular weight excluding hydrogens is 531 g/mol. The molecule has 1 aliphatic heterocycles. The third kappa shape index (κ3) is 5.39. The number of nitrogens with zero attached hydrogens (tertiary/aromatic N) is 2. The van der Waals surface area contributed by atoms with Crippen LogP contribution >= 0.6 is 34.5 Å². The van der Waals surface area contributed by atoms with Crippen molar-refractivity contribution in [1.29, 1.82) is 0 Å². The van der Waals surface area contributed by atoms with Gasteiger partial charge in [-0.3, -0.25) is 9.59 Å². The highest BCUT2D eigenvalue weighted by molar-refractivity contribution is 7.10. The van der Waals surface area contributed by atoms with Crippen LogP contribution in [0.5, 0.6) is 5.75 Å². The number of carbonyl (C=O) groups excluding carboxylic acids is 2. The molecule has 37 heavy (non-hydrogen) atoms. The van der Waals surface area contributed by atoms with Gasteiger partial charge >= 0.3 is 0 Å². The number of carbonyl (C=O) groups is 2. The van der Waals surface area contributed by atoms with Gasteiger partial charge in [-0.15, -0.1) is 11.3 Å². The average molecular weight is 555 g/mol. The lowest BCUT2D eigenvalue weighted by Gasteiger charge is -2.38. The SMILES string of the molecule is COc1cccc(C(=O)N(CC(=O)N2CCc3sccc3[C@@H]2c2ccc(Cl)cc2Cl)Cc2ccco2)c1. The van der Waals surface area contributed by atoms with Gasteiger partial charge in [0, 0.05) is 27.0 Å². The highest BCUT2D eigenvalue weighted by Crippen LogP contribution is 2.41. The molecule has 5 rings (SSSR count). The van der Waals surface area contributed by atoms with Crippen LogP contribution in [0.15, 0.2) is 76.7 Å². The van der Waals surface area contributed by atoms with E-state index < -0.39 is 0 Å². The van der Waals surface area contributed by atoms with Gasteiger partial charge in [0.1, 0.15) is 18.1 Å². The smallest absolute Gasteiger partial charge is 0.254 e. The van der Waals surface area contributed by atoms with Gasteiger partial charge in [-0.2, -0.15) is 0 Å². The summed E-state index contributed by atoms with van der Waals surface area (Å²) in [5, 5.41) is 3.06. The third-order valence-electron chi connectivity index (χ3n) is 6.40. The third-order valence-corrected chi connectivity index (χ3v) is 7.96. The number of rotatable bonds is 7. The molecule has 0 N–H and O–H groups in total. The molecule has 6 nitrogen and oxygen atoms in total. The van der Waals surface area contributed by atoms with Crippen LogP contribution in [0, 0.1) is 0 Å². The van der Waals surface area contributed by atoms with Gasteiger partial charge in [0.2, 0.25) is 5.91 Å². The van der Waals surface area contributed by atoms with E-state index in [1.165, 1.54) is 9.78 Å². The van der Waals surface area contributed by atoms with Crippen molar-refractivity contribution in [2.24, 2.45) is 0 Å². The second-order valence-corrected chi connectivity index (χ2v) is 10.5. The first-order chi connectivity index (χ1) is 17.9. The Balaban J connectivity index is 1.47. The van der Waals surface area contributed by atoms with Crippen LogP contribution < -0.4 is 4.74 Å². The zero-order valence-corrected chi connectivity index (χ0v) is 22.4. The molecule has 0 saturated heterocycles. The van der Waals surface area contributed by atoms with E-state index in [-0.39, 0.29) is 30.9 Å². The number of methoxy groups -OCH3 is 1. The topological polar surface area (TPSA) is 63.0 Å². The standard InChI is InChI=1S/C28H24Cl2N2O4S/c1-35-20-5-2-4-18(14-20)28(34)31(16-21-6-3-12-36-21)17-26(33)32-11-9-25-23(10-13-37-25)27(32)22-8-7-19(29)15-24(22)30/h2-8,10,12-15,27H,9,11,16-17H2,1H3/t27-/m0/s1. The van der Waals surface area contributed by atoms with Crippen molar-refractivity contribution >= 4 is 46.4 Å². The van der Waals surface area contributed by atoms with Crippen LogP contribution in [0.25, 0.3) is 0 Å². The highest BCUT2D eigenvalue weighted by atomic mass is 35.5. The average Bonchev–Trinajstić information content (AvgIpc) is 3.60. The Bertz CT molecular complexity index is 1420.